The van der Waals surface area contributed by atoms with Crippen LogP contribution in [0, 0.1) is 0 Å². The number of hydrogen-bond donors (Lipinski definition) is 1. The first-order chi connectivity index (χ1) is 17.5. The number of nitrogens with zero attached hydrogens (tertiary/aromatic N) is 3. The van der Waals surface area contributed by atoms with E-state index in [1.54, 1.807) is 43.2 Å². The zero-order valence-corrected chi connectivity index (χ0v) is 21.2. The van der Waals surface area contributed by atoms with Gasteiger partial charge < -0.3 is 24.4 Å². The fraction of sp³-hybridized carbons (Fsp3) is 0.370. The molecule has 0 aliphatic carbocycles. The molecule has 9 heteroatoms. The number of esters is 1. The zero-order valence-electron chi connectivity index (χ0n) is 21.2. The minimum absolute atomic E-state index is 0.173. The lowest BCUT2D eigenvalue weighted by molar-refractivity contribution is 0.0517. The lowest BCUT2D eigenvalue weighted by Gasteiger charge is -2.28. The van der Waals surface area contributed by atoms with Crippen LogP contribution >= 0.6 is 0 Å². The summed E-state index contributed by atoms with van der Waals surface area (Å²) in [5.74, 6) is 0.661. The van der Waals surface area contributed by atoms with Crippen LogP contribution in [0.4, 0.5) is 11.4 Å². The maximum absolute atomic E-state index is 13.9. The first-order valence-electron chi connectivity index (χ1n) is 12.3. The molecule has 0 bridgehead atoms. The minimum Gasteiger partial charge on any atom is -0.497 e. The molecule has 0 atom stereocenters. The van der Waals surface area contributed by atoms with Crippen molar-refractivity contribution in [2.45, 2.75) is 33.6 Å². The molecule has 0 saturated carbocycles. The second kappa shape index (κ2) is 11.2. The zero-order chi connectivity index (χ0) is 25.7. The molecule has 4 rings (SSSR count). The van der Waals surface area contributed by atoms with E-state index in [2.05, 4.69) is 17.3 Å². The number of benzene rings is 2. The Bertz CT molecular complexity index is 1240. The Labute approximate surface area is 210 Å². The van der Waals surface area contributed by atoms with Crippen molar-refractivity contribution in [2.75, 3.05) is 43.6 Å². The molecule has 1 amide bonds. The number of rotatable bonds is 10. The fourth-order valence-corrected chi connectivity index (χ4v) is 4.23. The smallest absolute Gasteiger partial charge is 0.359 e. The molecule has 1 aliphatic heterocycles. The van der Waals surface area contributed by atoms with Crippen LogP contribution in [0.2, 0.25) is 0 Å². The van der Waals surface area contributed by atoms with E-state index in [9.17, 15) is 9.59 Å². The lowest BCUT2D eigenvalue weighted by atomic mass is 10.0. The van der Waals surface area contributed by atoms with Gasteiger partial charge in [-0.05, 0) is 69.2 Å². The number of anilines is 2. The molecule has 36 heavy (non-hydrogen) atoms. The van der Waals surface area contributed by atoms with Crippen molar-refractivity contribution >= 4 is 23.3 Å². The fourth-order valence-electron chi connectivity index (χ4n) is 4.23. The summed E-state index contributed by atoms with van der Waals surface area (Å²) in [6.45, 7) is 7.78. The molecular formula is C27H32N4O5. The van der Waals surface area contributed by atoms with Gasteiger partial charge in [-0.1, -0.05) is 6.92 Å². The molecule has 2 aromatic carbocycles. The van der Waals surface area contributed by atoms with Crippen LogP contribution in [-0.4, -0.2) is 55.1 Å². The first-order valence-corrected chi connectivity index (χ1v) is 12.3. The number of ether oxygens (including phenoxy) is 3. The van der Waals surface area contributed by atoms with E-state index >= 15 is 0 Å². The topological polar surface area (TPSA) is 94.9 Å². The predicted octanol–water partition coefficient (Wildman–Crippen LogP) is 4.48. The average Bonchev–Trinajstić information content (AvgIpc) is 3.29. The van der Waals surface area contributed by atoms with E-state index in [0.29, 0.717) is 42.3 Å². The summed E-state index contributed by atoms with van der Waals surface area (Å²) in [5, 5.41) is 7.86. The highest BCUT2D eigenvalue weighted by Crippen LogP contribution is 2.34. The maximum atomic E-state index is 13.9. The van der Waals surface area contributed by atoms with Crippen molar-refractivity contribution in [2.24, 2.45) is 0 Å². The molecular weight excluding hydrogens is 460 g/mol. The van der Waals surface area contributed by atoms with Gasteiger partial charge in [-0.25, -0.2) is 9.48 Å². The Hall–Kier alpha value is -4.01. The summed E-state index contributed by atoms with van der Waals surface area (Å²) < 4.78 is 17.9. The Morgan fingerprint density at radius 3 is 2.50 bits per heavy atom. The summed E-state index contributed by atoms with van der Waals surface area (Å²) >= 11 is 0. The molecule has 1 N–H and O–H groups in total. The van der Waals surface area contributed by atoms with Crippen molar-refractivity contribution in [1.29, 1.82) is 0 Å². The Kier molecular flexibility index (Phi) is 7.77. The molecule has 0 spiro atoms. The summed E-state index contributed by atoms with van der Waals surface area (Å²) in [6, 6.07) is 12.9. The Morgan fingerprint density at radius 2 is 1.83 bits per heavy atom. The number of methoxy groups -OCH3 is 1. The number of aromatic nitrogens is 2. The molecule has 0 fully saturated rings. The van der Waals surface area contributed by atoms with Crippen molar-refractivity contribution in [1.82, 2.24) is 9.78 Å². The largest absolute Gasteiger partial charge is 0.497 e. The SMILES string of the molecule is CCCOc1ccc(N2CCc3c(C(=O)OCC)nn(-c4ccc(OC)cc4)c3C2=O)cc1NCC. The monoisotopic (exact) mass is 492 g/mol. The van der Waals surface area contributed by atoms with Gasteiger partial charge in [0.25, 0.3) is 5.91 Å². The van der Waals surface area contributed by atoms with Crippen molar-refractivity contribution in [3.05, 3.63) is 59.4 Å². The van der Waals surface area contributed by atoms with E-state index in [4.69, 9.17) is 14.2 Å². The van der Waals surface area contributed by atoms with Crippen molar-refractivity contribution in [3.8, 4) is 17.2 Å². The van der Waals surface area contributed by atoms with Gasteiger partial charge >= 0.3 is 5.97 Å². The molecule has 2 heterocycles. The third-order valence-electron chi connectivity index (χ3n) is 5.91. The van der Waals surface area contributed by atoms with E-state index < -0.39 is 5.97 Å². The number of carbonyl (C=O) groups is 2. The normalized spacial score (nSPS) is 12.8. The number of fused-ring (bicyclic) bond motifs is 1. The highest BCUT2D eigenvalue weighted by molar-refractivity contribution is 6.09. The van der Waals surface area contributed by atoms with E-state index in [-0.39, 0.29) is 18.2 Å². The maximum Gasteiger partial charge on any atom is 0.359 e. The van der Waals surface area contributed by atoms with Gasteiger partial charge in [0.15, 0.2) is 5.69 Å². The van der Waals surface area contributed by atoms with E-state index in [1.165, 1.54) is 4.68 Å². The first kappa shape index (κ1) is 25.1. The quantitative estimate of drug-likeness (QED) is 0.417. The molecule has 0 radical (unpaired) electrons. The highest BCUT2D eigenvalue weighted by atomic mass is 16.5. The molecule has 0 unspecified atom stereocenters. The van der Waals surface area contributed by atoms with Crippen molar-refractivity contribution < 1.29 is 23.8 Å². The third kappa shape index (κ3) is 4.86. The van der Waals surface area contributed by atoms with Crippen LogP contribution in [0.1, 0.15) is 53.7 Å². The van der Waals surface area contributed by atoms with Gasteiger partial charge in [0.1, 0.15) is 17.2 Å². The van der Waals surface area contributed by atoms with E-state index in [1.807, 2.05) is 25.1 Å². The number of nitrogens with one attached hydrogen (secondary N) is 1. The van der Waals surface area contributed by atoms with Crippen LogP contribution in [-0.2, 0) is 11.2 Å². The van der Waals surface area contributed by atoms with Crippen molar-refractivity contribution in [3.63, 3.8) is 0 Å². The van der Waals surface area contributed by atoms with Gasteiger partial charge in [-0.3, -0.25) is 4.79 Å². The second-order valence-electron chi connectivity index (χ2n) is 8.27. The van der Waals surface area contributed by atoms with Crippen LogP contribution in [0.15, 0.2) is 42.5 Å². The number of amides is 1. The summed E-state index contributed by atoms with van der Waals surface area (Å²) in [6.07, 6.45) is 1.37. The summed E-state index contributed by atoms with van der Waals surface area (Å²) in [5.41, 5.74) is 3.34. The van der Waals surface area contributed by atoms with Gasteiger partial charge in [0.2, 0.25) is 0 Å². The minimum atomic E-state index is -0.533. The molecule has 3 aromatic rings. The molecule has 0 saturated heterocycles. The third-order valence-corrected chi connectivity index (χ3v) is 5.91. The standard InChI is InChI=1S/C27H32N4O5/c1-5-16-36-23-13-10-19(17-22(23)28-6-2)30-15-14-21-24(27(33)35-7-3)29-31(25(21)26(30)32)18-8-11-20(34-4)12-9-18/h8-13,17,28H,5-7,14-16H2,1-4H3. The molecule has 9 nitrogen and oxygen atoms in total. The van der Waals surface area contributed by atoms with Gasteiger partial charge in [-0.2, -0.15) is 5.10 Å². The van der Waals surface area contributed by atoms with Crippen LogP contribution < -0.4 is 19.7 Å². The van der Waals surface area contributed by atoms with Crippen LogP contribution in [0.3, 0.4) is 0 Å². The van der Waals surface area contributed by atoms with Gasteiger partial charge in [0, 0.05) is 24.3 Å². The summed E-state index contributed by atoms with van der Waals surface area (Å²) in [4.78, 5) is 28.3. The number of hydrogen-bond acceptors (Lipinski definition) is 7. The molecule has 1 aliphatic rings. The predicted molar refractivity (Wildman–Crippen MR) is 138 cm³/mol. The van der Waals surface area contributed by atoms with Gasteiger partial charge in [-0.15, -0.1) is 0 Å². The second-order valence-corrected chi connectivity index (χ2v) is 8.27. The lowest BCUT2D eigenvalue weighted by Crippen LogP contribution is -2.39. The highest BCUT2D eigenvalue weighted by Gasteiger charge is 2.35. The Morgan fingerprint density at radius 1 is 1.08 bits per heavy atom. The van der Waals surface area contributed by atoms with Crippen LogP contribution in [0.5, 0.6) is 11.5 Å². The van der Waals surface area contributed by atoms with E-state index in [0.717, 1.165) is 30.1 Å². The van der Waals surface area contributed by atoms with Crippen LogP contribution in [0.25, 0.3) is 5.69 Å². The summed E-state index contributed by atoms with van der Waals surface area (Å²) in [7, 11) is 1.59. The Balaban J connectivity index is 1.76. The molecule has 1 aromatic heterocycles. The molecule has 190 valence electrons. The van der Waals surface area contributed by atoms with Gasteiger partial charge in [0.05, 0.1) is 31.7 Å². The average molecular weight is 493 g/mol. The number of carbonyl (C=O) groups excluding carboxylic acids is 2.